The molecule has 2 aliphatic rings. The van der Waals surface area contributed by atoms with Crippen LogP contribution in [0, 0.1) is 22.7 Å². The van der Waals surface area contributed by atoms with Crippen molar-refractivity contribution >= 4 is 18.2 Å². The Balaban J connectivity index is 1.98. The van der Waals surface area contributed by atoms with Crippen molar-refractivity contribution in [2.75, 3.05) is 0 Å². The number of carbonyl (C=O) groups is 3. The average molecular weight is 425 g/mol. The Kier molecular flexibility index (Phi) is 6.54. The van der Waals surface area contributed by atoms with Gasteiger partial charge in [-0.25, -0.2) is 4.79 Å². The fourth-order valence-corrected chi connectivity index (χ4v) is 6.14. The zero-order valence-corrected chi connectivity index (χ0v) is 18.4. The smallest absolute Gasteiger partial charge is 0.338 e. The van der Waals surface area contributed by atoms with Gasteiger partial charge in [0, 0.05) is 12.3 Å². The van der Waals surface area contributed by atoms with E-state index in [9.17, 15) is 19.5 Å². The van der Waals surface area contributed by atoms with Crippen molar-refractivity contribution < 1.29 is 24.2 Å². The van der Waals surface area contributed by atoms with Gasteiger partial charge in [0.15, 0.2) is 0 Å². The van der Waals surface area contributed by atoms with Crippen molar-refractivity contribution in [3.8, 4) is 0 Å². The van der Waals surface area contributed by atoms with Gasteiger partial charge >= 0.3 is 11.9 Å². The number of rotatable bonds is 7. The molecule has 1 N–H and O–H groups in total. The molecule has 166 valence electrons. The van der Waals surface area contributed by atoms with Crippen LogP contribution in [0.3, 0.4) is 0 Å². The first kappa shape index (κ1) is 23.0. The first-order valence-electron chi connectivity index (χ1n) is 10.9. The quantitative estimate of drug-likeness (QED) is 0.281. The lowest BCUT2D eigenvalue weighted by atomic mass is 9.45. The molecule has 5 heteroatoms. The van der Waals surface area contributed by atoms with E-state index in [0.29, 0.717) is 36.8 Å². The molecule has 2 fully saturated rings. The summed E-state index contributed by atoms with van der Waals surface area (Å²) in [7, 11) is 0. The van der Waals surface area contributed by atoms with Gasteiger partial charge in [0.2, 0.25) is 0 Å². The molecular formula is C26H32O5. The molecule has 0 amide bonds. The largest absolute Gasteiger partial charge is 0.481 e. The summed E-state index contributed by atoms with van der Waals surface area (Å²) in [4.78, 5) is 36.4. The van der Waals surface area contributed by atoms with E-state index in [0.717, 1.165) is 24.7 Å². The molecule has 31 heavy (non-hydrogen) atoms. The van der Waals surface area contributed by atoms with Crippen molar-refractivity contribution in [3.05, 3.63) is 60.2 Å². The fourth-order valence-electron chi connectivity index (χ4n) is 6.14. The van der Waals surface area contributed by atoms with Gasteiger partial charge in [-0.05, 0) is 61.6 Å². The third-order valence-electron chi connectivity index (χ3n) is 7.61. The van der Waals surface area contributed by atoms with Crippen molar-refractivity contribution in [2.24, 2.45) is 22.7 Å². The number of benzene rings is 1. The van der Waals surface area contributed by atoms with E-state index < -0.39 is 28.9 Å². The third kappa shape index (κ3) is 4.23. The summed E-state index contributed by atoms with van der Waals surface area (Å²) < 4.78 is 5.99. The molecule has 0 aromatic heterocycles. The fraction of sp³-hybridized carbons (Fsp3) is 0.500. The zero-order valence-electron chi connectivity index (χ0n) is 18.4. The predicted molar refractivity (Wildman–Crippen MR) is 119 cm³/mol. The number of ether oxygens (including phenoxy) is 1. The average Bonchev–Trinajstić information content (AvgIpc) is 2.73. The van der Waals surface area contributed by atoms with Gasteiger partial charge in [0.05, 0.1) is 11.0 Å². The maximum absolute atomic E-state index is 12.9. The molecule has 0 spiro atoms. The number of hydrogen-bond acceptors (Lipinski definition) is 4. The second kappa shape index (κ2) is 8.81. The highest BCUT2D eigenvalue weighted by Crippen LogP contribution is 2.62. The molecule has 2 saturated carbocycles. The topological polar surface area (TPSA) is 80.7 Å². The molecule has 1 aromatic carbocycles. The lowest BCUT2D eigenvalue weighted by molar-refractivity contribution is -0.177. The van der Waals surface area contributed by atoms with Gasteiger partial charge in [-0.1, -0.05) is 50.3 Å². The van der Waals surface area contributed by atoms with Crippen LogP contribution >= 0.6 is 0 Å². The van der Waals surface area contributed by atoms with Crippen LogP contribution in [0.25, 0.3) is 0 Å². The van der Waals surface area contributed by atoms with Crippen LogP contribution < -0.4 is 0 Å². The summed E-state index contributed by atoms with van der Waals surface area (Å²) in [5, 5.41) is 10.2. The van der Waals surface area contributed by atoms with Crippen LogP contribution in [0.4, 0.5) is 0 Å². The van der Waals surface area contributed by atoms with Gasteiger partial charge in [-0.3, -0.25) is 9.59 Å². The summed E-state index contributed by atoms with van der Waals surface area (Å²) in [6, 6.07) is 8.78. The number of carboxylic acids is 1. The van der Waals surface area contributed by atoms with Crippen LogP contribution in [-0.4, -0.2) is 29.4 Å². The highest BCUT2D eigenvalue weighted by atomic mass is 16.5. The second-order valence-electron chi connectivity index (χ2n) is 9.60. The number of aliphatic carboxylic acids is 1. The first-order valence-corrected chi connectivity index (χ1v) is 10.9. The van der Waals surface area contributed by atoms with Crippen LogP contribution in [0.1, 0.15) is 62.7 Å². The predicted octanol–water partition coefficient (Wildman–Crippen LogP) is 5.22. The number of fused-ring (bicyclic) bond motifs is 1. The van der Waals surface area contributed by atoms with Gasteiger partial charge in [0.1, 0.15) is 12.4 Å². The zero-order chi connectivity index (χ0) is 22.8. The molecule has 0 aliphatic heterocycles. The molecule has 5 atom stereocenters. The summed E-state index contributed by atoms with van der Waals surface area (Å²) in [5.41, 5.74) is 0.535. The maximum atomic E-state index is 12.9. The van der Waals surface area contributed by atoms with Crippen molar-refractivity contribution in [1.82, 2.24) is 0 Å². The van der Waals surface area contributed by atoms with E-state index in [1.165, 1.54) is 0 Å². The number of carboxylic acid groups (broad SMARTS) is 1. The standard InChI is InChI=1S/C26H32O5/c1-17(16-27)11-12-20-18(2)15-21(31-23(28)19-9-6-5-7-10-19)22-25(20,3)13-8-14-26(22,4)24(29)30/h5-7,9-10,16,20-22H,1-2,8,11-15H2,3-4H3,(H,29,30)/t20?,21-,22-,25-,26-/m1/s1. The van der Waals surface area contributed by atoms with Gasteiger partial charge in [0.25, 0.3) is 0 Å². The first-order chi connectivity index (χ1) is 14.6. The summed E-state index contributed by atoms with van der Waals surface area (Å²) in [6.45, 7) is 12.0. The Morgan fingerprint density at radius 2 is 1.90 bits per heavy atom. The van der Waals surface area contributed by atoms with Crippen LogP contribution in [-0.2, 0) is 14.3 Å². The minimum Gasteiger partial charge on any atom is -0.481 e. The van der Waals surface area contributed by atoms with E-state index in [2.05, 4.69) is 20.1 Å². The molecule has 1 unspecified atom stereocenters. The maximum Gasteiger partial charge on any atom is 0.338 e. The molecule has 3 rings (SSSR count). The Hall–Kier alpha value is -2.69. The molecule has 1 aromatic rings. The van der Waals surface area contributed by atoms with Crippen LogP contribution in [0.5, 0.6) is 0 Å². The molecule has 5 nitrogen and oxygen atoms in total. The monoisotopic (exact) mass is 424 g/mol. The molecule has 0 bridgehead atoms. The van der Waals surface area contributed by atoms with Gasteiger partial charge < -0.3 is 9.84 Å². The Morgan fingerprint density at radius 3 is 2.52 bits per heavy atom. The van der Waals surface area contributed by atoms with Crippen LogP contribution in [0.15, 0.2) is 54.6 Å². The summed E-state index contributed by atoms with van der Waals surface area (Å²) >= 11 is 0. The number of aldehydes is 1. The number of allylic oxidation sites excluding steroid dienone is 1. The Morgan fingerprint density at radius 1 is 1.23 bits per heavy atom. The second-order valence-corrected chi connectivity index (χ2v) is 9.60. The minimum absolute atomic E-state index is 0.0415. The highest BCUT2D eigenvalue weighted by Gasteiger charge is 2.61. The van der Waals surface area contributed by atoms with E-state index in [1.54, 1.807) is 31.2 Å². The van der Waals surface area contributed by atoms with Gasteiger partial charge in [-0.2, -0.15) is 0 Å². The lowest BCUT2D eigenvalue weighted by Gasteiger charge is -2.59. The van der Waals surface area contributed by atoms with E-state index in [1.807, 2.05) is 6.07 Å². The molecular weight excluding hydrogens is 392 g/mol. The lowest BCUT2D eigenvalue weighted by Crippen LogP contribution is -2.59. The van der Waals surface area contributed by atoms with E-state index >= 15 is 0 Å². The van der Waals surface area contributed by atoms with Crippen molar-refractivity contribution in [3.63, 3.8) is 0 Å². The van der Waals surface area contributed by atoms with Crippen LogP contribution in [0.2, 0.25) is 0 Å². The van der Waals surface area contributed by atoms with E-state index in [-0.39, 0.29) is 11.8 Å². The SMILES string of the molecule is C=C(C=O)CCC1C(=C)C[C@@H](OC(=O)c2ccccc2)[C@H]2[C@](C)(C(=O)O)CCC[C@]12C. The summed E-state index contributed by atoms with van der Waals surface area (Å²) in [5.74, 6) is -1.60. The third-order valence-corrected chi connectivity index (χ3v) is 7.61. The Labute approximate surface area is 184 Å². The highest BCUT2D eigenvalue weighted by molar-refractivity contribution is 5.89. The molecule has 0 saturated heterocycles. The van der Waals surface area contributed by atoms with E-state index in [4.69, 9.17) is 4.74 Å². The Bertz CT molecular complexity index is 888. The minimum atomic E-state index is -1.00. The van der Waals surface area contributed by atoms with Crippen molar-refractivity contribution in [1.29, 1.82) is 0 Å². The summed E-state index contributed by atoms with van der Waals surface area (Å²) in [6.07, 6.45) is 4.05. The molecule has 0 radical (unpaired) electrons. The van der Waals surface area contributed by atoms with Crippen molar-refractivity contribution in [2.45, 2.75) is 58.5 Å². The molecule has 2 aliphatic carbocycles. The normalized spacial score (nSPS) is 32.6. The number of esters is 1. The molecule has 0 heterocycles. The number of hydrogen-bond donors (Lipinski definition) is 1. The van der Waals surface area contributed by atoms with Gasteiger partial charge in [-0.15, -0.1) is 0 Å². The number of carbonyl (C=O) groups excluding carboxylic acids is 2.